The van der Waals surface area contributed by atoms with E-state index >= 15 is 0 Å². The number of halogens is 2. The number of nitrogens with zero attached hydrogens (tertiary/aromatic N) is 1. The maximum absolute atomic E-state index is 13.8. The molecule has 0 aliphatic heterocycles. The highest BCUT2D eigenvalue weighted by atomic mass is 79.9. The molecule has 0 aliphatic carbocycles. The molecule has 6 heteroatoms. The molecule has 100 valence electrons. The molecule has 4 nitrogen and oxygen atoms in total. The monoisotopic (exact) mass is 334 g/mol. The number of H-pyrrole nitrogens is 1. The Labute approximate surface area is 120 Å². The molecule has 20 heavy (non-hydrogen) atoms. The fourth-order valence-electron chi connectivity index (χ4n) is 2.05. The molecule has 0 spiro atoms. The second kappa shape index (κ2) is 4.72. The van der Waals surface area contributed by atoms with Crippen LogP contribution >= 0.6 is 15.9 Å². The molecule has 0 aliphatic rings. The number of fused-ring (bicyclic) bond motifs is 1. The Morgan fingerprint density at radius 2 is 1.75 bits per heavy atom. The minimum atomic E-state index is -0.677. The second-order valence-electron chi connectivity index (χ2n) is 4.21. The predicted octanol–water partition coefficient (Wildman–Crippen LogP) is 2.58. The summed E-state index contributed by atoms with van der Waals surface area (Å²) in [4.78, 5) is 26.9. The summed E-state index contributed by atoms with van der Waals surface area (Å²) in [6.07, 6.45) is 0. The van der Waals surface area contributed by atoms with Crippen molar-refractivity contribution in [2.24, 2.45) is 0 Å². The van der Waals surface area contributed by atoms with E-state index in [0.29, 0.717) is 5.69 Å². The lowest BCUT2D eigenvalue weighted by Gasteiger charge is -2.06. The van der Waals surface area contributed by atoms with Gasteiger partial charge in [-0.15, -0.1) is 0 Å². The number of rotatable bonds is 1. The summed E-state index contributed by atoms with van der Waals surface area (Å²) in [5.41, 5.74) is -0.711. The third-order valence-electron chi connectivity index (χ3n) is 2.96. The van der Waals surface area contributed by atoms with Crippen molar-refractivity contribution in [3.63, 3.8) is 0 Å². The van der Waals surface area contributed by atoms with E-state index in [4.69, 9.17) is 0 Å². The molecular formula is C14H8BrFN2O2. The zero-order valence-electron chi connectivity index (χ0n) is 10.1. The van der Waals surface area contributed by atoms with Crippen LogP contribution in [0, 0.1) is 5.82 Å². The average Bonchev–Trinajstić information content (AvgIpc) is 2.40. The highest BCUT2D eigenvalue weighted by Crippen LogP contribution is 2.14. The van der Waals surface area contributed by atoms with Gasteiger partial charge in [-0.1, -0.05) is 22.0 Å². The van der Waals surface area contributed by atoms with E-state index in [1.807, 2.05) is 0 Å². The Kier molecular flexibility index (Phi) is 3.02. The van der Waals surface area contributed by atoms with Crippen LogP contribution in [0.15, 0.2) is 56.5 Å². The van der Waals surface area contributed by atoms with Crippen molar-refractivity contribution < 1.29 is 4.39 Å². The molecule has 1 aromatic heterocycles. The Hall–Kier alpha value is -2.21. The van der Waals surface area contributed by atoms with Crippen LogP contribution in [0.3, 0.4) is 0 Å². The molecule has 0 fully saturated rings. The average molecular weight is 335 g/mol. The maximum atomic E-state index is 13.8. The highest BCUT2D eigenvalue weighted by Gasteiger charge is 2.12. The maximum Gasteiger partial charge on any atom is 0.333 e. The highest BCUT2D eigenvalue weighted by molar-refractivity contribution is 9.10. The molecule has 0 unspecified atom stereocenters. The summed E-state index contributed by atoms with van der Waals surface area (Å²) in [6.45, 7) is 0. The van der Waals surface area contributed by atoms with Gasteiger partial charge < -0.3 is 4.98 Å². The first-order valence-electron chi connectivity index (χ1n) is 5.77. The summed E-state index contributed by atoms with van der Waals surface area (Å²) in [6, 6.07) is 10.7. The summed E-state index contributed by atoms with van der Waals surface area (Å²) in [7, 11) is 0. The Morgan fingerprint density at radius 3 is 2.45 bits per heavy atom. The zero-order chi connectivity index (χ0) is 14.3. The van der Waals surface area contributed by atoms with Crippen molar-refractivity contribution >= 4 is 26.8 Å². The summed E-state index contributed by atoms with van der Waals surface area (Å²) in [5, 5.41) is -0.130. The predicted molar refractivity (Wildman–Crippen MR) is 77.8 cm³/mol. The smallest absolute Gasteiger partial charge is 0.306 e. The topological polar surface area (TPSA) is 54.9 Å². The number of nitrogens with one attached hydrogen (secondary N) is 1. The van der Waals surface area contributed by atoms with Crippen LogP contribution in [0.5, 0.6) is 0 Å². The van der Waals surface area contributed by atoms with Crippen molar-refractivity contribution in [3.05, 3.63) is 73.6 Å². The van der Waals surface area contributed by atoms with Crippen LogP contribution in [0.1, 0.15) is 0 Å². The van der Waals surface area contributed by atoms with Crippen molar-refractivity contribution in [3.8, 4) is 5.69 Å². The lowest BCUT2D eigenvalue weighted by Crippen LogP contribution is -2.34. The van der Waals surface area contributed by atoms with Crippen molar-refractivity contribution in [1.82, 2.24) is 9.55 Å². The first kappa shape index (κ1) is 12.8. The molecule has 0 radical (unpaired) electrons. The molecule has 0 amide bonds. The van der Waals surface area contributed by atoms with Crippen LogP contribution in [0.2, 0.25) is 0 Å². The van der Waals surface area contributed by atoms with Crippen LogP contribution in [-0.4, -0.2) is 9.55 Å². The SMILES string of the molecule is O=c1[nH]c2cccc(F)c2c(=O)n1-c1ccc(Br)cc1. The van der Waals surface area contributed by atoms with Gasteiger partial charge in [0.15, 0.2) is 0 Å². The van der Waals surface area contributed by atoms with Crippen molar-refractivity contribution in [2.45, 2.75) is 0 Å². The number of aromatic nitrogens is 2. The normalized spacial score (nSPS) is 10.9. The Balaban J connectivity index is 2.43. The second-order valence-corrected chi connectivity index (χ2v) is 5.13. The largest absolute Gasteiger partial charge is 0.333 e. The van der Waals surface area contributed by atoms with Crippen LogP contribution in [0.4, 0.5) is 4.39 Å². The van der Waals surface area contributed by atoms with E-state index in [-0.39, 0.29) is 10.9 Å². The lowest BCUT2D eigenvalue weighted by molar-refractivity contribution is 0.637. The van der Waals surface area contributed by atoms with Gasteiger partial charge in [0.2, 0.25) is 0 Å². The minimum Gasteiger partial charge on any atom is -0.306 e. The molecule has 0 atom stereocenters. The standard InChI is InChI=1S/C14H8BrFN2O2/c15-8-4-6-9(7-5-8)18-13(19)12-10(16)2-1-3-11(12)17-14(18)20/h1-7H,(H,17,20). The van der Waals surface area contributed by atoms with Crippen molar-refractivity contribution in [2.75, 3.05) is 0 Å². The van der Waals surface area contributed by atoms with Crippen LogP contribution in [0.25, 0.3) is 16.6 Å². The van der Waals surface area contributed by atoms with Gasteiger partial charge in [0.05, 0.1) is 16.6 Å². The first-order valence-corrected chi connectivity index (χ1v) is 6.57. The van der Waals surface area contributed by atoms with E-state index in [2.05, 4.69) is 20.9 Å². The number of benzene rings is 2. The molecule has 0 saturated heterocycles. The number of hydrogen-bond donors (Lipinski definition) is 1. The first-order chi connectivity index (χ1) is 9.58. The van der Waals surface area contributed by atoms with E-state index < -0.39 is 17.1 Å². The van der Waals surface area contributed by atoms with Crippen molar-refractivity contribution in [1.29, 1.82) is 0 Å². The fourth-order valence-corrected chi connectivity index (χ4v) is 2.31. The van der Waals surface area contributed by atoms with Gasteiger partial charge in [-0.05, 0) is 36.4 Å². The van der Waals surface area contributed by atoms with Gasteiger partial charge in [0.25, 0.3) is 5.56 Å². The Morgan fingerprint density at radius 1 is 1.05 bits per heavy atom. The third kappa shape index (κ3) is 1.98. The molecular weight excluding hydrogens is 327 g/mol. The molecule has 0 bridgehead atoms. The summed E-state index contributed by atoms with van der Waals surface area (Å²) >= 11 is 3.27. The van der Waals surface area contributed by atoms with Gasteiger partial charge in [0.1, 0.15) is 5.82 Å². The zero-order valence-corrected chi connectivity index (χ0v) is 11.6. The molecule has 1 heterocycles. The van der Waals surface area contributed by atoms with Gasteiger partial charge in [-0.3, -0.25) is 4.79 Å². The summed E-state index contributed by atoms with van der Waals surface area (Å²) in [5.74, 6) is -0.658. The van der Waals surface area contributed by atoms with Gasteiger partial charge in [-0.25, -0.2) is 13.8 Å². The quantitative estimate of drug-likeness (QED) is 0.743. The molecule has 1 N–H and O–H groups in total. The summed E-state index contributed by atoms with van der Waals surface area (Å²) < 4.78 is 15.5. The number of aromatic amines is 1. The lowest BCUT2D eigenvalue weighted by atomic mass is 10.2. The number of hydrogen-bond acceptors (Lipinski definition) is 2. The van der Waals surface area contributed by atoms with E-state index in [1.54, 1.807) is 24.3 Å². The van der Waals surface area contributed by atoms with Crippen LogP contribution < -0.4 is 11.2 Å². The minimum absolute atomic E-state index is 0.130. The molecule has 2 aromatic carbocycles. The van der Waals surface area contributed by atoms with Gasteiger partial charge in [0, 0.05) is 4.47 Å². The van der Waals surface area contributed by atoms with Gasteiger partial charge >= 0.3 is 5.69 Å². The van der Waals surface area contributed by atoms with E-state index in [0.717, 1.165) is 9.04 Å². The van der Waals surface area contributed by atoms with Crippen LogP contribution in [-0.2, 0) is 0 Å². The molecule has 0 saturated carbocycles. The molecule has 3 rings (SSSR count). The van der Waals surface area contributed by atoms with Gasteiger partial charge in [-0.2, -0.15) is 0 Å². The molecule has 3 aromatic rings. The fraction of sp³-hybridized carbons (Fsp3) is 0. The Bertz CT molecular complexity index is 913. The third-order valence-corrected chi connectivity index (χ3v) is 3.49. The van der Waals surface area contributed by atoms with E-state index in [1.165, 1.54) is 18.2 Å². The van der Waals surface area contributed by atoms with E-state index in [9.17, 15) is 14.0 Å².